The minimum atomic E-state index is -0.928. The molecule has 0 aliphatic heterocycles. The number of fused-ring (bicyclic) bond motifs is 1. The van der Waals surface area contributed by atoms with Crippen LogP contribution in [-0.2, 0) is 6.54 Å². The third kappa shape index (κ3) is 5.02. The number of carboxylic acids is 1. The number of nitrogens with zero attached hydrogens (tertiary/aromatic N) is 1. The molecule has 3 N–H and O–H groups in total. The number of aromatic carboxylic acids is 1. The van der Waals surface area contributed by atoms with Gasteiger partial charge >= 0.3 is 5.97 Å². The van der Waals surface area contributed by atoms with E-state index in [9.17, 15) is 15.0 Å². The van der Waals surface area contributed by atoms with E-state index in [0.29, 0.717) is 18.7 Å². The van der Waals surface area contributed by atoms with Crippen molar-refractivity contribution in [2.24, 2.45) is 0 Å². The Morgan fingerprint density at radius 3 is 2.75 bits per heavy atom. The molecule has 4 rings (SSSR count). The third-order valence-electron chi connectivity index (χ3n) is 5.32. The molecule has 2 atom stereocenters. The molecule has 0 unspecified atom stereocenters. The summed E-state index contributed by atoms with van der Waals surface area (Å²) in [6.45, 7) is 3.27. The average molecular weight is 451 g/mol. The van der Waals surface area contributed by atoms with Crippen LogP contribution in [0.15, 0.2) is 72.2 Å². The molecule has 0 spiro atoms. The number of benzene rings is 2. The molecule has 7 heteroatoms. The Labute approximate surface area is 190 Å². The zero-order chi connectivity index (χ0) is 22.5. The molecule has 0 fully saturated rings. The van der Waals surface area contributed by atoms with Crippen LogP contribution in [0.4, 0.5) is 0 Å². The first-order valence-electron chi connectivity index (χ1n) is 10.5. The van der Waals surface area contributed by atoms with Gasteiger partial charge < -0.3 is 24.8 Å². The maximum Gasteiger partial charge on any atom is 0.336 e. The van der Waals surface area contributed by atoms with Crippen molar-refractivity contribution in [2.45, 2.75) is 25.6 Å². The second kappa shape index (κ2) is 9.99. The number of carbonyl (C=O) groups is 1. The van der Waals surface area contributed by atoms with E-state index in [2.05, 4.69) is 11.4 Å². The van der Waals surface area contributed by atoms with Gasteiger partial charge in [-0.05, 0) is 48.7 Å². The maximum absolute atomic E-state index is 11.4. The van der Waals surface area contributed by atoms with E-state index in [1.54, 1.807) is 23.5 Å². The van der Waals surface area contributed by atoms with E-state index in [0.717, 1.165) is 27.1 Å². The molecule has 0 saturated carbocycles. The van der Waals surface area contributed by atoms with Gasteiger partial charge in [-0.25, -0.2) is 4.79 Å². The van der Waals surface area contributed by atoms with Crippen molar-refractivity contribution in [3.63, 3.8) is 0 Å². The summed E-state index contributed by atoms with van der Waals surface area (Å²) >= 11 is 1.65. The predicted molar refractivity (Wildman–Crippen MR) is 128 cm³/mol. The van der Waals surface area contributed by atoms with Crippen LogP contribution in [0.25, 0.3) is 21.3 Å². The lowest BCUT2D eigenvalue weighted by Gasteiger charge is -2.19. The topological polar surface area (TPSA) is 83.7 Å². The number of hydrogen-bond acceptors (Lipinski definition) is 5. The van der Waals surface area contributed by atoms with Crippen LogP contribution >= 0.6 is 11.3 Å². The van der Waals surface area contributed by atoms with Crippen molar-refractivity contribution in [3.05, 3.63) is 77.8 Å². The molecule has 0 aliphatic carbocycles. The summed E-state index contributed by atoms with van der Waals surface area (Å²) in [4.78, 5) is 12.5. The van der Waals surface area contributed by atoms with E-state index in [1.807, 2.05) is 65.5 Å². The molecule has 0 bridgehead atoms. The fraction of sp³-hybridized carbons (Fsp3) is 0.240. The van der Waals surface area contributed by atoms with E-state index in [1.165, 1.54) is 0 Å². The number of hydrogen-bond donors (Lipinski definition) is 3. The molecule has 2 aromatic heterocycles. The van der Waals surface area contributed by atoms with Gasteiger partial charge in [0.05, 0.1) is 5.56 Å². The zero-order valence-electron chi connectivity index (χ0n) is 17.8. The van der Waals surface area contributed by atoms with Crippen molar-refractivity contribution in [1.82, 2.24) is 9.88 Å². The number of ether oxygens (including phenoxy) is 1. The number of aliphatic hydroxyl groups excluding tert-OH is 1. The predicted octanol–water partition coefficient (Wildman–Crippen LogP) is 4.49. The Bertz CT molecular complexity index is 1190. The summed E-state index contributed by atoms with van der Waals surface area (Å²) < 4.78 is 7.94. The van der Waals surface area contributed by atoms with Gasteiger partial charge in [0.25, 0.3) is 0 Å². The molecule has 4 aromatic rings. The number of para-hydroxylation sites is 1. The largest absolute Gasteiger partial charge is 0.490 e. The van der Waals surface area contributed by atoms with Gasteiger partial charge in [-0.15, -0.1) is 11.3 Å². The van der Waals surface area contributed by atoms with Crippen LogP contribution in [0.2, 0.25) is 0 Å². The second-order valence-electron chi connectivity index (χ2n) is 7.76. The average Bonchev–Trinajstić information content (AvgIpc) is 3.47. The van der Waals surface area contributed by atoms with Crippen molar-refractivity contribution in [1.29, 1.82) is 0 Å². The minimum Gasteiger partial charge on any atom is -0.490 e. The zero-order valence-corrected chi connectivity index (χ0v) is 18.6. The van der Waals surface area contributed by atoms with E-state index < -0.39 is 12.1 Å². The molecule has 0 radical (unpaired) electrons. The Hall–Kier alpha value is -3.13. The van der Waals surface area contributed by atoms with E-state index in [4.69, 9.17) is 4.74 Å². The normalized spacial score (nSPS) is 13.2. The Kier molecular flexibility index (Phi) is 6.90. The van der Waals surface area contributed by atoms with Crippen LogP contribution in [0.5, 0.6) is 5.75 Å². The highest BCUT2D eigenvalue weighted by Gasteiger charge is 2.14. The number of aromatic nitrogens is 1. The van der Waals surface area contributed by atoms with Gasteiger partial charge in [0.2, 0.25) is 0 Å². The summed E-state index contributed by atoms with van der Waals surface area (Å²) in [7, 11) is 0. The smallest absolute Gasteiger partial charge is 0.336 e. The number of thiophene rings is 1. The quantitative estimate of drug-likeness (QED) is 0.332. The second-order valence-corrected chi connectivity index (χ2v) is 8.71. The summed E-state index contributed by atoms with van der Waals surface area (Å²) in [5.41, 5.74) is 2.21. The number of nitrogens with one attached hydrogen (secondary N) is 1. The van der Waals surface area contributed by atoms with Crippen LogP contribution in [0.3, 0.4) is 0 Å². The molecule has 6 nitrogen and oxygen atoms in total. The van der Waals surface area contributed by atoms with Crippen LogP contribution < -0.4 is 10.1 Å². The molecule has 0 saturated heterocycles. The monoisotopic (exact) mass is 450 g/mol. The molecule has 0 amide bonds. The summed E-state index contributed by atoms with van der Waals surface area (Å²) in [5.74, 6) is -0.168. The first-order valence-corrected chi connectivity index (χ1v) is 11.4. The summed E-state index contributed by atoms with van der Waals surface area (Å²) in [6.07, 6.45) is 1.24. The van der Waals surface area contributed by atoms with Gasteiger partial charge in [-0.1, -0.05) is 24.3 Å². The fourth-order valence-electron chi connectivity index (χ4n) is 3.74. The standard InChI is InChI=1S/C25H26N2O4S/c1-17(15-27-12-11-19-20(25(29)30)7-4-8-22(19)27)26-14-18(28)16-31-23-9-3-2-6-21(23)24-10-5-13-32-24/h2-13,17-18,26,28H,14-16H2,1H3,(H,29,30)/t17-,18+/m1/s1. The lowest BCUT2D eigenvalue weighted by Crippen LogP contribution is -2.38. The molecular formula is C25H26N2O4S. The Morgan fingerprint density at radius 1 is 1.12 bits per heavy atom. The van der Waals surface area contributed by atoms with Crippen LogP contribution in [0, 0.1) is 0 Å². The van der Waals surface area contributed by atoms with Gasteiger partial charge in [0.15, 0.2) is 0 Å². The summed E-state index contributed by atoms with van der Waals surface area (Å²) in [5, 5.41) is 25.9. The van der Waals surface area contributed by atoms with Gasteiger partial charge in [-0.3, -0.25) is 0 Å². The summed E-state index contributed by atoms with van der Waals surface area (Å²) in [6, 6.07) is 19.1. The lowest BCUT2D eigenvalue weighted by molar-refractivity contribution is 0.0699. The van der Waals surface area contributed by atoms with Crippen LogP contribution in [-0.4, -0.2) is 46.0 Å². The van der Waals surface area contributed by atoms with Crippen LogP contribution in [0.1, 0.15) is 17.3 Å². The molecule has 2 heterocycles. The Morgan fingerprint density at radius 2 is 1.97 bits per heavy atom. The highest BCUT2D eigenvalue weighted by molar-refractivity contribution is 7.13. The molecule has 32 heavy (non-hydrogen) atoms. The number of carboxylic acid groups (broad SMARTS) is 1. The fourth-order valence-corrected chi connectivity index (χ4v) is 4.50. The van der Waals surface area contributed by atoms with Crippen molar-refractivity contribution in [3.8, 4) is 16.2 Å². The van der Waals surface area contributed by atoms with E-state index in [-0.39, 0.29) is 12.6 Å². The SMILES string of the molecule is C[C@H](Cn1ccc2c(C(=O)O)cccc21)NC[C@H](O)COc1ccccc1-c1cccs1. The maximum atomic E-state index is 11.4. The number of rotatable bonds is 10. The van der Waals surface area contributed by atoms with Crippen molar-refractivity contribution in [2.75, 3.05) is 13.2 Å². The first kappa shape index (κ1) is 22.1. The van der Waals surface area contributed by atoms with Gasteiger partial charge in [0, 0.05) is 46.7 Å². The van der Waals surface area contributed by atoms with E-state index >= 15 is 0 Å². The Balaban J connectivity index is 1.31. The van der Waals surface area contributed by atoms with Crippen molar-refractivity contribution >= 4 is 28.2 Å². The lowest BCUT2D eigenvalue weighted by atomic mass is 10.1. The van der Waals surface area contributed by atoms with Gasteiger partial charge in [-0.2, -0.15) is 0 Å². The molecule has 166 valence electrons. The van der Waals surface area contributed by atoms with Gasteiger partial charge in [0.1, 0.15) is 18.5 Å². The highest BCUT2D eigenvalue weighted by Crippen LogP contribution is 2.33. The molecule has 2 aromatic carbocycles. The first-order chi connectivity index (χ1) is 15.5. The highest BCUT2D eigenvalue weighted by atomic mass is 32.1. The van der Waals surface area contributed by atoms with Crippen molar-refractivity contribution < 1.29 is 19.7 Å². The third-order valence-corrected chi connectivity index (χ3v) is 6.22. The number of aliphatic hydroxyl groups is 1. The molecule has 0 aliphatic rings. The molecular weight excluding hydrogens is 424 g/mol. The minimum absolute atomic E-state index is 0.0761.